The van der Waals surface area contributed by atoms with Crippen LogP contribution in [0.1, 0.15) is 31.9 Å². The van der Waals surface area contributed by atoms with E-state index >= 15 is 0 Å². The molecule has 0 unspecified atom stereocenters. The maximum Gasteiger partial charge on any atom is 0.288 e. The van der Waals surface area contributed by atoms with E-state index in [-0.39, 0.29) is 23.0 Å². The topological polar surface area (TPSA) is 67.2 Å². The van der Waals surface area contributed by atoms with Crippen LogP contribution in [0.15, 0.2) is 29.2 Å². The first-order chi connectivity index (χ1) is 12.0. The van der Waals surface area contributed by atoms with E-state index in [4.69, 9.17) is 11.6 Å². The highest BCUT2D eigenvalue weighted by molar-refractivity contribution is 6.33. The summed E-state index contributed by atoms with van der Waals surface area (Å²) in [5, 5.41) is 7.14. The predicted octanol–water partition coefficient (Wildman–Crippen LogP) is 3.34. The summed E-state index contributed by atoms with van der Waals surface area (Å²) in [7, 11) is 1.70. The number of nitrogens with zero attached hydrogens (tertiary/aromatic N) is 3. The number of benzene rings is 1. The molecule has 140 valence electrons. The van der Waals surface area contributed by atoms with Crippen LogP contribution in [0, 0.1) is 13.8 Å². The minimum Gasteiger partial charge on any atom is -0.363 e. The Morgan fingerprint density at radius 2 is 1.96 bits per heavy atom. The van der Waals surface area contributed by atoms with Gasteiger partial charge in [0.25, 0.3) is 5.56 Å². The zero-order valence-corrected chi connectivity index (χ0v) is 16.8. The molecule has 1 aromatic heterocycles. The minimum atomic E-state index is -0.474. The van der Waals surface area contributed by atoms with Crippen molar-refractivity contribution < 1.29 is 4.79 Å². The molecule has 2 rings (SSSR count). The predicted molar refractivity (Wildman–Crippen MR) is 106 cm³/mol. The molecule has 1 N–H and O–H groups in total. The van der Waals surface area contributed by atoms with Gasteiger partial charge in [0.05, 0.1) is 24.0 Å². The molecule has 0 atom stereocenters. The van der Waals surface area contributed by atoms with Crippen LogP contribution in [0.3, 0.4) is 0 Å². The average molecular weight is 377 g/mol. The van der Waals surface area contributed by atoms with E-state index in [1.54, 1.807) is 11.9 Å². The van der Waals surface area contributed by atoms with Gasteiger partial charge in [0.15, 0.2) is 0 Å². The first-order valence-corrected chi connectivity index (χ1v) is 8.75. The Morgan fingerprint density at radius 3 is 2.58 bits per heavy atom. The molecular formula is C19H25ClN4O2. The molecule has 2 aromatic rings. The number of hydrogen-bond donors (Lipinski definition) is 1. The molecule has 7 heteroatoms. The van der Waals surface area contributed by atoms with E-state index in [9.17, 15) is 9.59 Å². The van der Waals surface area contributed by atoms with Gasteiger partial charge in [-0.25, -0.2) is 4.68 Å². The molecule has 0 aliphatic rings. The van der Waals surface area contributed by atoms with Crippen LogP contribution in [0.4, 0.5) is 11.4 Å². The first kappa shape index (κ1) is 20.0. The molecule has 0 radical (unpaired) electrons. The molecule has 1 aromatic carbocycles. The lowest BCUT2D eigenvalue weighted by atomic mass is 10.1. The fraction of sp³-hybridized carbons (Fsp3) is 0.421. The summed E-state index contributed by atoms with van der Waals surface area (Å²) in [6.07, 6.45) is 1.51. The van der Waals surface area contributed by atoms with Gasteiger partial charge in [-0.1, -0.05) is 23.7 Å². The van der Waals surface area contributed by atoms with Crippen molar-refractivity contribution in [1.29, 1.82) is 0 Å². The molecule has 1 heterocycles. The van der Waals surface area contributed by atoms with Crippen molar-refractivity contribution >= 4 is 28.9 Å². The monoisotopic (exact) mass is 376 g/mol. The normalized spacial score (nSPS) is 11.3. The Bertz CT molecular complexity index is 884. The second-order valence-corrected chi connectivity index (χ2v) is 7.76. The lowest BCUT2D eigenvalue weighted by Crippen LogP contribution is -2.38. The van der Waals surface area contributed by atoms with Crippen molar-refractivity contribution in [2.45, 2.75) is 40.2 Å². The van der Waals surface area contributed by atoms with Crippen LogP contribution in [-0.4, -0.2) is 29.3 Å². The minimum absolute atomic E-state index is 0.0494. The molecule has 0 saturated carbocycles. The van der Waals surface area contributed by atoms with E-state index in [0.717, 1.165) is 16.8 Å². The molecular weight excluding hydrogens is 352 g/mol. The molecule has 26 heavy (non-hydrogen) atoms. The summed E-state index contributed by atoms with van der Waals surface area (Å²) < 4.78 is 1.34. The van der Waals surface area contributed by atoms with E-state index in [1.165, 1.54) is 10.9 Å². The van der Waals surface area contributed by atoms with E-state index < -0.39 is 5.54 Å². The standard InChI is InChI=1S/C19H25ClN4O2/c1-12-8-7-9-14(13(12)2)22-16(25)11-23(6)15-10-21-24(19(3,4)5)18(26)17(15)20/h7-10H,11H2,1-6H3,(H,22,25). The molecule has 0 bridgehead atoms. The van der Waals surface area contributed by atoms with E-state index in [0.29, 0.717) is 5.69 Å². The number of rotatable bonds is 4. The molecule has 0 aliphatic carbocycles. The number of carbonyl (C=O) groups is 1. The third kappa shape index (κ3) is 4.25. The third-order valence-corrected chi connectivity index (χ3v) is 4.56. The third-order valence-electron chi connectivity index (χ3n) is 4.21. The summed E-state index contributed by atoms with van der Waals surface area (Å²) in [5.74, 6) is -0.197. The van der Waals surface area contributed by atoms with Gasteiger partial charge >= 0.3 is 0 Å². The van der Waals surface area contributed by atoms with Crippen LogP contribution in [0.25, 0.3) is 0 Å². The largest absolute Gasteiger partial charge is 0.363 e. The quantitative estimate of drug-likeness (QED) is 0.888. The van der Waals surface area contributed by atoms with Crippen molar-refractivity contribution in [2.75, 3.05) is 23.8 Å². The van der Waals surface area contributed by atoms with Gasteiger partial charge in [0.1, 0.15) is 5.02 Å². The van der Waals surface area contributed by atoms with Crippen LogP contribution < -0.4 is 15.8 Å². The number of likely N-dealkylation sites (N-methyl/N-ethyl adjacent to an activating group) is 1. The highest BCUT2D eigenvalue weighted by Crippen LogP contribution is 2.22. The fourth-order valence-electron chi connectivity index (χ4n) is 2.54. The lowest BCUT2D eigenvalue weighted by molar-refractivity contribution is -0.114. The summed E-state index contributed by atoms with van der Waals surface area (Å²) in [4.78, 5) is 26.4. The van der Waals surface area contributed by atoms with E-state index in [1.807, 2.05) is 52.8 Å². The molecule has 0 aliphatic heterocycles. The number of aromatic nitrogens is 2. The Hall–Kier alpha value is -2.34. The zero-order valence-electron chi connectivity index (χ0n) is 16.1. The van der Waals surface area contributed by atoms with Crippen LogP contribution in [0.2, 0.25) is 5.02 Å². The van der Waals surface area contributed by atoms with Crippen molar-refractivity contribution in [3.63, 3.8) is 0 Å². The SMILES string of the molecule is Cc1cccc(NC(=O)CN(C)c2cnn(C(C)(C)C)c(=O)c2Cl)c1C. The zero-order chi connectivity index (χ0) is 19.6. The average Bonchev–Trinajstić information content (AvgIpc) is 2.53. The molecule has 6 nitrogen and oxygen atoms in total. The van der Waals surface area contributed by atoms with E-state index in [2.05, 4.69) is 10.4 Å². The molecule has 0 spiro atoms. The van der Waals surface area contributed by atoms with Gasteiger partial charge in [-0.2, -0.15) is 5.10 Å². The van der Waals surface area contributed by atoms with Crippen LogP contribution in [0.5, 0.6) is 0 Å². The van der Waals surface area contributed by atoms with Crippen molar-refractivity contribution in [2.24, 2.45) is 0 Å². The number of carbonyl (C=O) groups excluding carboxylic acids is 1. The van der Waals surface area contributed by atoms with Gasteiger partial charge in [-0.05, 0) is 51.8 Å². The summed E-state index contributed by atoms with van der Waals surface area (Å²) in [6.45, 7) is 9.62. The Morgan fingerprint density at radius 1 is 1.31 bits per heavy atom. The Balaban J connectivity index is 2.18. The Labute approximate surface area is 158 Å². The molecule has 0 saturated heterocycles. The van der Waals surface area contributed by atoms with Crippen molar-refractivity contribution in [3.8, 4) is 0 Å². The fourth-order valence-corrected chi connectivity index (χ4v) is 2.82. The molecule has 1 amide bonds. The van der Waals surface area contributed by atoms with Crippen molar-refractivity contribution in [1.82, 2.24) is 9.78 Å². The van der Waals surface area contributed by atoms with Crippen molar-refractivity contribution in [3.05, 3.63) is 50.9 Å². The summed E-state index contributed by atoms with van der Waals surface area (Å²) in [5.41, 5.74) is 2.48. The Kier molecular flexibility index (Phi) is 5.76. The number of aryl methyl sites for hydroxylation is 1. The van der Waals surface area contributed by atoms with Gasteiger partial charge < -0.3 is 10.2 Å². The molecule has 0 fully saturated rings. The lowest BCUT2D eigenvalue weighted by Gasteiger charge is -2.24. The van der Waals surface area contributed by atoms with Gasteiger partial charge in [0.2, 0.25) is 5.91 Å². The number of halogens is 1. The number of anilines is 2. The maximum atomic E-state index is 12.4. The maximum absolute atomic E-state index is 12.4. The first-order valence-electron chi connectivity index (χ1n) is 8.38. The van der Waals surface area contributed by atoms with Crippen LogP contribution >= 0.6 is 11.6 Å². The number of hydrogen-bond acceptors (Lipinski definition) is 4. The van der Waals surface area contributed by atoms with Gasteiger partial charge in [-0.3, -0.25) is 9.59 Å². The van der Waals surface area contributed by atoms with Crippen LogP contribution in [-0.2, 0) is 10.3 Å². The highest BCUT2D eigenvalue weighted by atomic mass is 35.5. The summed E-state index contributed by atoms with van der Waals surface area (Å²) >= 11 is 6.24. The number of amides is 1. The second kappa shape index (κ2) is 7.50. The number of nitrogens with one attached hydrogen (secondary N) is 1. The summed E-state index contributed by atoms with van der Waals surface area (Å²) in [6, 6.07) is 5.75. The smallest absolute Gasteiger partial charge is 0.288 e. The second-order valence-electron chi connectivity index (χ2n) is 7.38. The van der Waals surface area contributed by atoms with Gasteiger partial charge in [-0.15, -0.1) is 0 Å². The van der Waals surface area contributed by atoms with Gasteiger partial charge in [0, 0.05) is 12.7 Å². The highest BCUT2D eigenvalue weighted by Gasteiger charge is 2.21.